The Morgan fingerprint density at radius 1 is 1.43 bits per heavy atom. The summed E-state index contributed by atoms with van der Waals surface area (Å²) in [6.07, 6.45) is 3.34. The molecule has 0 spiro atoms. The lowest BCUT2D eigenvalue weighted by Crippen LogP contribution is -2.08. The second-order valence-corrected chi connectivity index (χ2v) is 5.37. The summed E-state index contributed by atoms with van der Waals surface area (Å²) < 4.78 is 13.6. The fourth-order valence-corrected chi connectivity index (χ4v) is 2.46. The van der Waals surface area contributed by atoms with Gasteiger partial charge in [0.2, 0.25) is 0 Å². The molecule has 0 aliphatic carbocycles. The van der Waals surface area contributed by atoms with Crippen molar-refractivity contribution in [2.45, 2.75) is 13.3 Å². The van der Waals surface area contributed by atoms with Gasteiger partial charge in [0, 0.05) is 12.7 Å². The third-order valence-corrected chi connectivity index (χ3v) is 3.68. The average Bonchev–Trinajstić information content (AvgIpc) is 2.42. The lowest BCUT2D eigenvalue weighted by molar-refractivity contribution is -0.384. The molecule has 0 bridgehead atoms. The summed E-state index contributed by atoms with van der Waals surface area (Å²) in [5.74, 6) is -0.267. The predicted molar refractivity (Wildman–Crippen MR) is 81.9 cm³/mol. The summed E-state index contributed by atoms with van der Waals surface area (Å²) in [6, 6.07) is 4.61. The van der Waals surface area contributed by atoms with Crippen LogP contribution in [0.3, 0.4) is 0 Å². The maximum Gasteiger partial charge on any atom is 0.311 e. The highest BCUT2D eigenvalue weighted by atomic mass is 79.9. The van der Waals surface area contributed by atoms with Crippen molar-refractivity contribution in [2.75, 3.05) is 11.9 Å². The van der Waals surface area contributed by atoms with Gasteiger partial charge in [-0.25, -0.2) is 4.39 Å². The summed E-state index contributed by atoms with van der Waals surface area (Å²) in [5.41, 5.74) is 2.17. The molecular weight excluding hydrogens is 341 g/mol. The van der Waals surface area contributed by atoms with E-state index in [-0.39, 0.29) is 11.5 Å². The minimum absolute atomic E-state index is 0.0831. The number of nitrogens with zero attached hydrogens (tertiary/aromatic N) is 2. The number of nitro groups is 1. The molecule has 7 heteroatoms. The lowest BCUT2D eigenvalue weighted by Gasteiger charge is -2.10. The Morgan fingerprint density at radius 3 is 2.86 bits per heavy atom. The van der Waals surface area contributed by atoms with Crippen LogP contribution < -0.4 is 5.32 Å². The van der Waals surface area contributed by atoms with Crippen LogP contribution >= 0.6 is 15.9 Å². The summed E-state index contributed by atoms with van der Waals surface area (Å²) in [4.78, 5) is 14.3. The number of hydrogen-bond acceptors (Lipinski definition) is 4. The first kappa shape index (κ1) is 15.4. The molecule has 1 aromatic heterocycles. The number of aromatic nitrogens is 1. The van der Waals surface area contributed by atoms with E-state index in [0.29, 0.717) is 23.1 Å². The Labute approximate surface area is 129 Å². The van der Waals surface area contributed by atoms with Crippen molar-refractivity contribution in [1.29, 1.82) is 0 Å². The first-order valence-electron chi connectivity index (χ1n) is 6.26. The molecule has 110 valence electrons. The highest BCUT2D eigenvalue weighted by Gasteiger charge is 2.16. The maximum atomic E-state index is 13.0. The Balaban J connectivity index is 2.09. The second-order valence-electron chi connectivity index (χ2n) is 4.52. The van der Waals surface area contributed by atoms with Crippen molar-refractivity contribution in [1.82, 2.24) is 4.98 Å². The van der Waals surface area contributed by atoms with E-state index in [1.807, 2.05) is 6.92 Å². The average molecular weight is 354 g/mol. The molecule has 2 aromatic rings. The monoisotopic (exact) mass is 353 g/mol. The van der Waals surface area contributed by atoms with Crippen molar-refractivity contribution < 1.29 is 9.31 Å². The van der Waals surface area contributed by atoms with E-state index in [2.05, 4.69) is 26.2 Å². The van der Waals surface area contributed by atoms with Crippen molar-refractivity contribution in [3.05, 3.63) is 62.1 Å². The fourth-order valence-electron chi connectivity index (χ4n) is 2.00. The molecule has 0 aliphatic rings. The molecule has 1 heterocycles. The number of nitrogens with one attached hydrogen (secondary N) is 1. The van der Waals surface area contributed by atoms with Gasteiger partial charge in [-0.3, -0.25) is 15.1 Å². The van der Waals surface area contributed by atoms with Gasteiger partial charge in [0.15, 0.2) is 0 Å². The van der Waals surface area contributed by atoms with Crippen LogP contribution in [0.25, 0.3) is 0 Å². The van der Waals surface area contributed by atoms with Crippen LogP contribution in [0.5, 0.6) is 0 Å². The van der Waals surface area contributed by atoms with Gasteiger partial charge >= 0.3 is 5.69 Å². The van der Waals surface area contributed by atoms with Gasteiger partial charge in [0.1, 0.15) is 17.7 Å². The smallest absolute Gasteiger partial charge is 0.311 e. The van der Waals surface area contributed by atoms with Crippen molar-refractivity contribution in [3.8, 4) is 0 Å². The van der Waals surface area contributed by atoms with Crippen molar-refractivity contribution >= 4 is 27.3 Å². The second kappa shape index (κ2) is 6.62. The predicted octanol–water partition coefficient (Wildman–Crippen LogP) is 3.85. The summed E-state index contributed by atoms with van der Waals surface area (Å²) in [6.45, 7) is 2.33. The topological polar surface area (TPSA) is 68.1 Å². The summed E-state index contributed by atoms with van der Waals surface area (Å²) in [5, 5.41) is 14.0. The van der Waals surface area contributed by atoms with Crippen LogP contribution in [0, 0.1) is 22.9 Å². The zero-order valence-corrected chi connectivity index (χ0v) is 12.9. The molecule has 0 amide bonds. The third-order valence-electron chi connectivity index (χ3n) is 3.08. The van der Waals surface area contributed by atoms with E-state index in [4.69, 9.17) is 0 Å². The molecule has 5 nitrogen and oxygen atoms in total. The Morgan fingerprint density at radius 2 is 2.19 bits per heavy atom. The molecular formula is C14H13BrFN3O2. The van der Waals surface area contributed by atoms with Crippen molar-refractivity contribution in [2.24, 2.45) is 0 Å². The molecule has 0 radical (unpaired) electrons. The van der Waals surface area contributed by atoms with Crippen LogP contribution in [0.1, 0.15) is 11.1 Å². The molecule has 0 fully saturated rings. The SMILES string of the molecule is Cc1cc(F)ccc1CCNc1c(Br)cncc1[N+](=O)[O-]. The number of rotatable bonds is 5. The van der Waals surface area contributed by atoms with E-state index in [0.717, 1.165) is 11.1 Å². The molecule has 1 aromatic carbocycles. The Hall–Kier alpha value is -2.02. The standard InChI is InChI=1S/C14H13BrFN3O2/c1-9-6-11(16)3-2-10(9)4-5-18-14-12(15)7-17-8-13(14)19(20)21/h2-3,6-8H,4-5H2,1H3,(H,17,18). The van der Waals surface area contributed by atoms with Gasteiger partial charge in [-0.2, -0.15) is 0 Å². The number of hydrogen-bond donors (Lipinski definition) is 1. The zero-order chi connectivity index (χ0) is 15.4. The molecule has 0 aliphatic heterocycles. The lowest BCUT2D eigenvalue weighted by atomic mass is 10.1. The van der Waals surface area contributed by atoms with Gasteiger partial charge in [-0.05, 0) is 52.5 Å². The quantitative estimate of drug-likeness (QED) is 0.654. The molecule has 0 unspecified atom stereocenters. The number of halogens is 2. The summed E-state index contributed by atoms with van der Waals surface area (Å²) >= 11 is 3.25. The van der Waals surface area contributed by atoms with Gasteiger partial charge in [-0.1, -0.05) is 6.07 Å². The van der Waals surface area contributed by atoms with Crippen LogP contribution in [0.4, 0.5) is 15.8 Å². The minimum atomic E-state index is -0.483. The van der Waals surface area contributed by atoms with Crippen molar-refractivity contribution in [3.63, 3.8) is 0 Å². The highest BCUT2D eigenvalue weighted by molar-refractivity contribution is 9.10. The number of anilines is 1. The van der Waals surface area contributed by atoms with Crippen LogP contribution in [-0.2, 0) is 6.42 Å². The van der Waals surface area contributed by atoms with Crippen LogP contribution in [-0.4, -0.2) is 16.5 Å². The normalized spacial score (nSPS) is 10.4. The first-order valence-corrected chi connectivity index (χ1v) is 7.05. The first-order chi connectivity index (χ1) is 9.99. The van der Waals surface area contributed by atoms with Gasteiger partial charge in [0.05, 0.1) is 9.40 Å². The van der Waals surface area contributed by atoms with Gasteiger partial charge in [-0.15, -0.1) is 0 Å². The van der Waals surface area contributed by atoms with Crippen LogP contribution in [0.15, 0.2) is 35.1 Å². The highest BCUT2D eigenvalue weighted by Crippen LogP contribution is 2.30. The van der Waals surface area contributed by atoms with E-state index in [1.54, 1.807) is 6.07 Å². The molecule has 2 rings (SSSR count). The third kappa shape index (κ3) is 3.75. The fraction of sp³-hybridized carbons (Fsp3) is 0.214. The van der Waals surface area contributed by atoms with Gasteiger partial charge < -0.3 is 5.32 Å². The Bertz CT molecular complexity index is 679. The maximum absolute atomic E-state index is 13.0. The van der Waals surface area contributed by atoms with E-state index < -0.39 is 4.92 Å². The molecule has 0 saturated heterocycles. The largest absolute Gasteiger partial charge is 0.378 e. The zero-order valence-electron chi connectivity index (χ0n) is 11.3. The number of benzene rings is 1. The Kier molecular flexibility index (Phi) is 4.85. The van der Waals surface area contributed by atoms with Gasteiger partial charge in [0.25, 0.3) is 0 Å². The molecule has 21 heavy (non-hydrogen) atoms. The van der Waals surface area contributed by atoms with E-state index in [9.17, 15) is 14.5 Å². The number of aryl methyl sites for hydroxylation is 1. The number of pyridine rings is 1. The van der Waals surface area contributed by atoms with Crippen LogP contribution in [0.2, 0.25) is 0 Å². The molecule has 0 atom stereocenters. The minimum Gasteiger partial charge on any atom is -0.378 e. The summed E-state index contributed by atoms with van der Waals surface area (Å²) in [7, 11) is 0. The molecule has 1 N–H and O–H groups in total. The van der Waals surface area contributed by atoms with E-state index in [1.165, 1.54) is 24.5 Å². The molecule has 0 saturated carbocycles. The van der Waals surface area contributed by atoms with E-state index >= 15 is 0 Å².